The van der Waals surface area contributed by atoms with Gasteiger partial charge in [-0.25, -0.2) is 13.8 Å². The van der Waals surface area contributed by atoms with Gasteiger partial charge in [0, 0.05) is 12.6 Å². The van der Waals surface area contributed by atoms with Gasteiger partial charge in [0.1, 0.15) is 18.0 Å². The number of allylic oxidation sites excluding steroid dienone is 3. The fourth-order valence-corrected chi connectivity index (χ4v) is 5.50. The fourth-order valence-electron chi connectivity index (χ4n) is 4.09. The van der Waals surface area contributed by atoms with Gasteiger partial charge in [0.2, 0.25) is 0 Å². The number of ether oxygens (including phenoxy) is 1. The van der Waals surface area contributed by atoms with E-state index < -0.39 is 50.3 Å². The standard InChI is InChI=1S/C20H27FN3O7P/c1-12-4-3-5-13(10-12)14-7-9-28-32(27,31-14)29-11-15-17(25)20(2,21)18(30-15)24-8-6-16(22)23-19(24)26/h4,6,8,10,14-15,17-18,25H,3,5,7,9,11H2,1-2H3,(H2,22,23,26)/t14?,15-,17?,18?,20-,32?/m1/s1. The van der Waals surface area contributed by atoms with Crippen LogP contribution in [0.1, 0.15) is 39.3 Å². The lowest BCUT2D eigenvalue weighted by molar-refractivity contribution is -0.0644. The van der Waals surface area contributed by atoms with Crippen LogP contribution in [0.4, 0.5) is 10.2 Å². The monoisotopic (exact) mass is 471 g/mol. The van der Waals surface area contributed by atoms with E-state index in [1.54, 1.807) is 0 Å². The van der Waals surface area contributed by atoms with Crippen molar-refractivity contribution < 1.29 is 32.4 Å². The molecule has 0 radical (unpaired) electrons. The van der Waals surface area contributed by atoms with Crippen molar-refractivity contribution in [1.82, 2.24) is 9.55 Å². The lowest BCUT2D eigenvalue weighted by atomic mass is 9.95. The summed E-state index contributed by atoms with van der Waals surface area (Å²) in [5.74, 6) is -0.0248. The van der Waals surface area contributed by atoms with Crippen molar-refractivity contribution in [2.75, 3.05) is 18.9 Å². The molecular formula is C20H27FN3O7P. The van der Waals surface area contributed by atoms with E-state index in [1.807, 2.05) is 13.0 Å². The number of halogens is 1. The maximum absolute atomic E-state index is 15.3. The summed E-state index contributed by atoms with van der Waals surface area (Å²) in [6.45, 7) is 2.80. The first-order valence-corrected chi connectivity index (χ1v) is 11.9. The van der Waals surface area contributed by atoms with E-state index in [1.165, 1.54) is 12.3 Å². The van der Waals surface area contributed by atoms with Gasteiger partial charge in [-0.1, -0.05) is 17.7 Å². The molecule has 4 rings (SSSR count). The summed E-state index contributed by atoms with van der Waals surface area (Å²) in [7, 11) is -3.96. The zero-order chi connectivity index (χ0) is 23.1. The molecule has 32 heavy (non-hydrogen) atoms. The van der Waals surface area contributed by atoms with Gasteiger partial charge in [-0.15, -0.1) is 0 Å². The molecule has 0 amide bonds. The summed E-state index contributed by atoms with van der Waals surface area (Å²) in [4.78, 5) is 15.7. The van der Waals surface area contributed by atoms with Gasteiger partial charge in [-0.2, -0.15) is 4.98 Å². The van der Waals surface area contributed by atoms with Crippen molar-refractivity contribution in [3.8, 4) is 0 Å². The molecule has 176 valence electrons. The second-order valence-electron chi connectivity index (χ2n) is 8.33. The number of aliphatic hydroxyl groups is 1. The van der Waals surface area contributed by atoms with E-state index in [4.69, 9.17) is 24.0 Å². The van der Waals surface area contributed by atoms with Crippen molar-refractivity contribution >= 4 is 13.6 Å². The quantitative estimate of drug-likeness (QED) is 0.621. The third-order valence-electron chi connectivity index (χ3n) is 5.83. The molecule has 0 saturated carbocycles. The van der Waals surface area contributed by atoms with Crippen molar-refractivity contribution in [2.45, 2.75) is 63.3 Å². The molecular weight excluding hydrogens is 444 g/mol. The van der Waals surface area contributed by atoms with Gasteiger partial charge in [0.05, 0.1) is 19.3 Å². The lowest BCUT2D eigenvalue weighted by Crippen LogP contribution is -2.43. The number of aliphatic hydroxyl groups excluding tert-OH is 1. The number of phosphoric ester groups is 1. The predicted molar refractivity (Wildman–Crippen MR) is 112 cm³/mol. The molecule has 6 atom stereocenters. The molecule has 12 heteroatoms. The maximum Gasteiger partial charge on any atom is 0.475 e. The predicted octanol–water partition coefficient (Wildman–Crippen LogP) is 2.41. The number of phosphoric acid groups is 1. The lowest BCUT2D eigenvalue weighted by Gasteiger charge is -2.31. The molecule has 3 N–H and O–H groups in total. The maximum atomic E-state index is 15.3. The number of nitrogens with zero attached hydrogens (tertiary/aromatic N) is 2. The molecule has 3 aliphatic rings. The Bertz CT molecular complexity index is 1040. The Kier molecular flexibility index (Phi) is 6.41. The van der Waals surface area contributed by atoms with Crippen molar-refractivity contribution in [3.63, 3.8) is 0 Å². The van der Waals surface area contributed by atoms with Crippen LogP contribution in [0.25, 0.3) is 0 Å². The topological polar surface area (TPSA) is 135 Å². The van der Waals surface area contributed by atoms with Crippen LogP contribution in [0.15, 0.2) is 40.4 Å². The van der Waals surface area contributed by atoms with Crippen LogP contribution in [-0.4, -0.2) is 51.9 Å². The number of hydrogen-bond acceptors (Lipinski definition) is 9. The normalized spacial score (nSPS) is 37.8. The molecule has 1 aromatic rings. The number of anilines is 1. The molecule has 2 fully saturated rings. The SMILES string of the molecule is CC1=CCCC(C2CCOP(=O)(OC[C@H]3OC(n4ccc(N)nc4=O)[C@](C)(F)C3O)O2)=C1. The van der Waals surface area contributed by atoms with Crippen LogP contribution in [-0.2, 0) is 22.9 Å². The average molecular weight is 471 g/mol. The first-order valence-electron chi connectivity index (χ1n) is 10.4. The number of rotatable bonds is 5. The summed E-state index contributed by atoms with van der Waals surface area (Å²) in [5.41, 5.74) is 4.42. The first-order chi connectivity index (χ1) is 15.1. The molecule has 2 aliphatic heterocycles. The zero-order valence-corrected chi connectivity index (χ0v) is 18.7. The largest absolute Gasteiger partial charge is 0.475 e. The highest BCUT2D eigenvalue weighted by Gasteiger charge is 2.56. The fraction of sp³-hybridized carbons (Fsp3) is 0.600. The smallest absolute Gasteiger partial charge is 0.387 e. The number of alkyl halides is 1. The van der Waals surface area contributed by atoms with Crippen LogP contribution in [0, 0.1) is 0 Å². The Morgan fingerprint density at radius 3 is 3.00 bits per heavy atom. The van der Waals surface area contributed by atoms with E-state index >= 15 is 4.39 Å². The van der Waals surface area contributed by atoms with Gasteiger partial charge in [-0.05, 0) is 38.3 Å². The van der Waals surface area contributed by atoms with E-state index in [2.05, 4.69) is 11.1 Å². The summed E-state index contributed by atoms with van der Waals surface area (Å²) < 4.78 is 51.1. The van der Waals surface area contributed by atoms with Crippen LogP contribution in [0.5, 0.6) is 0 Å². The van der Waals surface area contributed by atoms with Crippen molar-refractivity contribution in [2.24, 2.45) is 0 Å². The third-order valence-corrected chi connectivity index (χ3v) is 7.31. The minimum atomic E-state index is -3.96. The Morgan fingerprint density at radius 1 is 1.50 bits per heavy atom. The molecule has 1 aromatic heterocycles. The average Bonchev–Trinajstić information content (AvgIpc) is 2.96. The van der Waals surface area contributed by atoms with E-state index in [0.29, 0.717) is 6.42 Å². The molecule has 3 heterocycles. The third kappa shape index (κ3) is 4.59. The Balaban J connectivity index is 1.44. The van der Waals surface area contributed by atoms with Crippen LogP contribution in [0.2, 0.25) is 0 Å². The molecule has 4 unspecified atom stereocenters. The molecule has 0 spiro atoms. The van der Waals surface area contributed by atoms with E-state index in [-0.39, 0.29) is 12.4 Å². The van der Waals surface area contributed by atoms with Gasteiger partial charge in [0.15, 0.2) is 11.9 Å². The number of nitrogens with two attached hydrogens (primary N) is 1. The second-order valence-corrected chi connectivity index (χ2v) is 9.95. The number of nitrogen functional groups attached to an aromatic ring is 1. The minimum absolute atomic E-state index is 0.0248. The van der Waals surface area contributed by atoms with Gasteiger partial charge in [-0.3, -0.25) is 18.1 Å². The Hall–Kier alpha value is -1.88. The van der Waals surface area contributed by atoms with Gasteiger partial charge in [0.25, 0.3) is 0 Å². The second kappa shape index (κ2) is 8.81. The zero-order valence-electron chi connectivity index (χ0n) is 17.8. The minimum Gasteiger partial charge on any atom is -0.387 e. The van der Waals surface area contributed by atoms with Crippen molar-refractivity contribution in [1.29, 1.82) is 0 Å². The highest BCUT2D eigenvalue weighted by Crippen LogP contribution is 2.55. The highest BCUT2D eigenvalue weighted by atomic mass is 31.2. The first kappa shape index (κ1) is 23.3. The summed E-state index contributed by atoms with van der Waals surface area (Å²) >= 11 is 0. The molecule has 10 nitrogen and oxygen atoms in total. The highest BCUT2D eigenvalue weighted by molar-refractivity contribution is 7.48. The van der Waals surface area contributed by atoms with Crippen molar-refractivity contribution in [3.05, 3.63) is 46.0 Å². The molecule has 0 bridgehead atoms. The Morgan fingerprint density at radius 2 is 2.28 bits per heavy atom. The molecule has 0 aromatic carbocycles. The van der Waals surface area contributed by atoms with E-state index in [0.717, 1.165) is 35.5 Å². The summed E-state index contributed by atoms with van der Waals surface area (Å²) in [6, 6.07) is 1.32. The van der Waals surface area contributed by atoms with Crippen LogP contribution >= 0.6 is 7.82 Å². The number of hydrogen-bond donors (Lipinski definition) is 2. The molecule has 2 saturated heterocycles. The van der Waals surface area contributed by atoms with Gasteiger partial charge < -0.3 is 15.6 Å². The van der Waals surface area contributed by atoms with Gasteiger partial charge >= 0.3 is 13.5 Å². The molecule has 1 aliphatic carbocycles. The summed E-state index contributed by atoms with van der Waals surface area (Å²) in [5, 5.41) is 10.5. The number of aromatic nitrogens is 2. The summed E-state index contributed by atoms with van der Waals surface area (Å²) in [6.07, 6.45) is 2.77. The Labute approximate surface area is 184 Å². The van der Waals surface area contributed by atoms with Crippen LogP contribution in [0.3, 0.4) is 0 Å². The van der Waals surface area contributed by atoms with E-state index in [9.17, 15) is 14.5 Å². The van der Waals surface area contributed by atoms with Crippen LogP contribution < -0.4 is 11.4 Å².